The van der Waals surface area contributed by atoms with Crippen LogP contribution in [0.1, 0.15) is 18.9 Å². The van der Waals surface area contributed by atoms with Crippen molar-refractivity contribution in [2.75, 3.05) is 11.4 Å². The number of anilines is 1. The Balaban J connectivity index is 1.84. The average Bonchev–Trinajstić information content (AvgIpc) is 2.55. The summed E-state index contributed by atoms with van der Waals surface area (Å²) in [4.78, 5) is 25.2. The molecule has 2 aromatic carbocycles. The van der Waals surface area contributed by atoms with Gasteiger partial charge in [-0.15, -0.1) is 0 Å². The summed E-state index contributed by atoms with van der Waals surface area (Å²) in [7, 11) is 0. The largest absolute Gasteiger partial charge is 0.352 e. The lowest BCUT2D eigenvalue weighted by molar-refractivity contribution is -0.121. The Labute approximate surface area is 134 Å². The van der Waals surface area contributed by atoms with E-state index in [9.17, 15) is 14.0 Å². The van der Waals surface area contributed by atoms with Crippen LogP contribution in [0.25, 0.3) is 0 Å². The highest BCUT2D eigenvalue weighted by atomic mass is 19.1. The molecule has 0 fully saturated rings. The molecule has 4 nitrogen and oxygen atoms in total. The van der Waals surface area contributed by atoms with Crippen LogP contribution in [0, 0.1) is 5.82 Å². The molecule has 0 radical (unpaired) electrons. The normalized spacial score (nSPS) is 10.2. The first-order valence-electron chi connectivity index (χ1n) is 7.40. The van der Waals surface area contributed by atoms with Gasteiger partial charge in [-0.2, -0.15) is 0 Å². The summed E-state index contributed by atoms with van der Waals surface area (Å²) < 4.78 is 12.8. The molecule has 0 aromatic heterocycles. The fraction of sp³-hybridized carbons (Fsp3) is 0.222. The van der Waals surface area contributed by atoms with Crippen molar-refractivity contribution in [3.8, 4) is 0 Å². The highest BCUT2D eigenvalue weighted by Crippen LogP contribution is 2.13. The fourth-order valence-corrected chi connectivity index (χ4v) is 2.18. The average molecular weight is 314 g/mol. The fourth-order valence-electron chi connectivity index (χ4n) is 2.18. The highest BCUT2D eigenvalue weighted by molar-refractivity contribution is 5.92. The van der Waals surface area contributed by atoms with Gasteiger partial charge in [-0.05, 0) is 29.8 Å². The second-order valence-electron chi connectivity index (χ2n) is 5.16. The quantitative estimate of drug-likeness (QED) is 0.891. The van der Waals surface area contributed by atoms with Crippen molar-refractivity contribution < 1.29 is 14.0 Å². The van der Waals surface area contributed by atoms with E-state index in [1.807, 2.05) is 30.3 Å². The van der Waals surface area contributed by atoms with Gasteiger partial charge in [0.25, 0.3) is 0 Å². The maximum absolute atomic E-state index is 12.8. The van der Waals surface area contributed by atoms with Gasteiger partial charge in [-0.3, -0.25) is 9.59 Å². The molecule has 0 atom stereocenters. The smallest absolute Gasteiger partial charge is 0.223 e. The zero-order chi connectivity index (χ0) is 16.7. The number of nitrogens with one attached hydrogen (secondary N) is 1. The minimum absolute atomic E-state index is 0.109. The Morgan fingerprint density at radius 1 is 1.04 bits per heavy atom. The van der Waals surface area contributed by atoms with Crippen LogP contribution in [0.5, 0.6) is 0 Å². The molecule has 0 aliphatic heterocycles. The van der Waals surface area contributed by atoms with E-state index in [4.69, 9.17) is 0 Å². The third-order valence-corrected chi connectivity index (χ3v) is 3.41. The van der Waals surface area contributed by atoms with Crippen LogP contribution >= 0.6 is 0 Å². The first kappa shape index (κ1) is 16.7. The van der Waals surface area contributed by atoms with Gasteiger partial charge in [0.1, 0.15) is 5.82 Å². The van der Waals surface area contributed by atoms with Crippen LogP contribution in [0.15, 0.2) is 54.6 Å². The predicted octanol–water partition coefficient (Wildman–Crippen LogP) is 2.89. The SMILES string of the molecule is CC(=O)N(CCC(=O)NCc1ccc(F)cc1)c1ccccc1. The van der Waals surface area contributed by atoms with E-state index in [0.717, 1.165) is 11.3 Å². The molecule has 5 heteroatoms. The number of carbonyl (C=O) groups excluding carboxylic acids is 2. The molecule has 0 saturated carbocycles. The Bertz CT molecular complexity index is 656. The summed E-state index contributed by atoms with van der Waals surface area (Å²) >= 11 is 0. The Morgan fingerprint density at radius 3 is 2.30 bits per heavy atom. The molecule has 0 aliphatic carbocycles. The van der Waals surface area contributed by atoms with Crippen LogP contribution in [-0.2, 0) is 16.1 Å². The van der Waals surface area contributed by atoms with Crippen molar-refractivity contribution in [1.82, 2.24) is 5.32 Å². The van der Waals surface area contributed by atoms with Crippen molar-refractivity contribution >= 4 is 17.5 Å². The van der Waals surface area contributed by atoms with E-state index < -0.39 is 0 Å². The number of halogens is 1. The number of rotatable bonds is 6. The minimum Gasteiger partial charge on any atom is -0.352 e. The summed E-state index contributed by atoms with van der Waals surface area (Å²) in [5.74, 6) is -0.570. The van der Waals surface area contributed by atoms with Gasteiger partial charge in [0.15, 0.2) is 0 Å². The summed E-state index contributed by atoms with van der Waals surface area (Å²) in [6.07, 6.45) is 0.204. The lowest BCUT2D eigenvalue weighted by Gasteiger charge is -2.20. The summed E-state index contributed by atoms with van der Waals surface area (Å²) in [6.45, 7) is 2.13. The number of amides is 2. The van der Waals surface area contributed by atoms with Gasteiger partial charge in [-0.1, -0.05) is 30.3 Å². The molecule has 23 heavy (non-hydrogen) atoms. The lowest BCUT2D eigenvalue weighted by Crippen LogP contribution is -2.33. The van der Waals surface area contributed by atoms with E-state index >= 15 is 0 Å². The highest BCUT2D eigenvalue weighted by Gasteiger charge is 2.12. The van der Waals surface area contributed by atoms with Gasteiger partial charge < -0.3 is 10.2 Å². The molecule has 120 valence electrons. The van der Waals surface area contributed by atoms with Crippen molar-refractivity contribution in [2.24, 2.45) is 0 Å². The molecule has 1 N–H and O–H groups in total. The molecular weight excluding hydrogens is 295 g/mol. The van der Waals surface area contributed by atoms with Crippen molar-refractivity contribution in [3.05, 3.63) is 66.0 Å². The van der Waals surface area contributed by atoms with Crippen LogP contribution in [0.4, 0.5) is 10.1 Å². The molecule has 0 aliphatic rings. The molecule has 2 rings (SSSR count). The van der Waals surface area contributed by atoms with Crippen molar-refractivity contribution in [1.29, 1.82) is 0 Å². The molecule has 0 spiro atoms. The predicted molar refractivity (Wildman–Crippen MR) is 87.3 cm³/mol. The number of para-hydroxylation sites is 1. The molecule has 0 bridgehead atoms. The Kier molecular flexibility index (Phi) is 5.86. The van der Waals surface area contributed by atoms with E-state index in [0.29, 0.717) is 13.1 Å². The molecule has 0 saturated heterocycles. The van der Waals surface area contributed by atoms with Crippen molar-refractivity contribution in [3.63, 3.8) is 0 Å². The number of hydrogen-bond donors (Lipinski definition) is 1. The summed E-state index contributed by atoms with van der Waals surface area (Å²) in [5.41, 5.74) is 1.59. The molecule has 2 amide bonds. The zero-order valence-electron chi connectivity index (χ0n) is 13.0. The van der Waals surface area contributed by atoms with Gasteiger partial charge >= 0.3 is 0 Å². The van der Waals surface area contributed by atoms with Gasteiger partial charge in [0.2, 0.25) is 11.8 Å². The van der Waals surface area contributed by atoms with Crippen LogP contribution in [0.3, 0.4) is 0 Å². The second-order valence-corrected chi connectivity index (χ2v) is 5.16. The molecule has 0 unspecified atom stereocenters. The van der Waals surface area contributed by atoms with Crippen LogP contribution in [-0.4, -0.2) is 18.4 Å². The molecular formula is C18H19FN2O2. The van der Waals surface area contributed by atoms with E-state index in [1.165, 1.54) is 19.1 Å². The third kappa shape index (κ3) is 5.21. The standard InChI is InChI=1S/C18H19FN2O2/c1-14(22)21(17-5-3-2-4-6-17)12-11-18(23)20-13-15-7-9-16(19)10-8-15/h2-10H,11-13H2,1H3,(H,20,23). The van der Waals surface area contributed by atoms with E-state index in [-0.39, 0.29) is 24.1 Å². The number of carbonyl (C=O) groups is 2. The van der Waals surface area contributed by atoms with Gasteiger partial charge in [-0.25, -0.2) is 4.39 Å². The monoisotopic (exact) mass is 314 g/mol. The van der Waals surface area contributed by atoms with Gasteiger partial charge in [0.05, 0.1) is 0 Å². The minimum atomic E-state index is -0.306. The second kappa shape index (κ2) is 8.08. The first-order chi connectivity index (χ1) is 11.1. The Hall–Kier alpha value is -2.69. The molecule has 0 heterocycles. The number of benzene rings is 2. The number of hydrogen-bond acceptors (Lipinski definition) is 2. The Morgan fingerprint density at radius 2 is 1.70 bits per heavy atom. The van der Waals surface area contributed by atoms with Crippen LogP contribution < -0.4 is 10.2 Å². The zero-order valence-corrected chi connectivity index (χ0v) is 13.0. The number of nitrogens with zero attached hydrogens (tertiary/aromatic N) is 1. The van der Waals surface area contributed by atoms with Gasteiger partial charge in [0, 0.05) is 32.1 Å². The first-order valence-corrected chi connectivity index (χ1v) is 7.40. The maximum Gasteiger partial charge on any atom is 0.223 e. The van der Waals surface area contributed by atoms with E-state index in [1.54, 1.807) is 17.0 Å². The van der Waals surface area contributed by atoms with Crippen LogP contribution in [0.2, 0.25) is 0 Å². The maximum atomic E-state index is 12.8. The van der Waals surface area contributed by atoms with E-state index in [2.05, 4.69) is 5.32 Å². The van der Waals surface area contributed by atoms with Crippen molar-refractivity contribution in [2.45, 2.75) is 19.9 Å². The topological polar surface area (TPSA) is 49.4 Å². The lowest BCUT2D eigenvalue weighted by atomic mass is 10.2. The summed E-state index contributed by atoms with van der Waals surface area (Å²) in [5, 5.41) is 2.76. The third-order valence-electron chi connectivity index (χ3n) is 3.41. The summed E-state index contributed by atoms with van der Waals surface area (Å²) in [6, 6.07) is 15.2. The molecule has 2 aromatic rings.